The summed E-state index contributed by atoms with van der Waals surface area (Å²) < 4.78 is 17.1. The number of carbonyl (C=O) groups excluding carboxylic acids is 1. The van der Waals surface area contributed by atoms with Gasteiger partial charge in [0.1, 0.15) is 17.9 Å². The van der Waals surface area contributed by atoms with Gasteiger partial charge in [0.15, 0.2) is 0 Å². The first-order valence-corrected chi connectivity index (χ1v) is 12.3. The summed E-state index contributed by atoms with van der Waals surface area (Å²) in [6.07, 6.45) is 6.85. The van der Waals surface area contributed by atoms with Crippen LogP contribution in [0.3, 0.4) is 0 Å². The van der Waals surface area contributed by atoms with Gasteiger partial charge in [-0.3, -0.25) is 4.79 Å². The number of nitrogens with two attached hydrogens (primary N) is 1. The normalized spacial score (nSPS) is 13.9. The summed E-state index contributed by atoms with van der Waals surface area (Å²) in [5, 5.41) is 1.02. The second-order valence-corrected chi connectivity index (χ2v) is 9.28. The van der Waals surface area contributed by atoms with E-state index in [0.717, 1.165) is 44.5 Å². The van der Waals surface area contributed by atoms with E-state index >= 15 is 0 Å². The van der Waals surface area contributed by atoms with Crippen molar-refractivity contribution in [2.45, 2.75) is 51.2 Å². The van der Waals surface area contributed by atoms with E-state index in [0.29, 0.717) is 19.1 Å². The van der Waals surface area contributed by atoms with E-state index in [9.17, 15) is 4.79 Å². The van der Waals surface area contributed by atoms with Crippen LogP contribution in [0.2, 0.25) is 0 Å². The standard InChI is InChI=1S/C30H31NO4/c1-33-29(32)17-25-10-9-23(22-6-2-3-7-22)16-28(25)35-19-21-14-26-11-12-34-30(26)27(15-21)24-8-4-5-20(13-24)18-31/h4-5,8-16,22H,2-3,6-7,17-19,31H2,1H3. The molecule has 35 heavy (non-hydrogen) atoms. The number of fused-ring (bicyclic) bond motifs is 1. The molecule has 0 aliphatic heterocycles. The largest absolute Gasteiger partial charge is 0.489 e. The molecule has 1 aliphatic rings. The first-order valence-electron chi connectivity index (χ1n) is 12.3. The van der Waals surface area contributed by atoms with Crippen LogP contribution in [-0.4, -0.2) is 13.1 Å². The molecule has 0 amide bonds. The number of hydrogen-bond donors (Lipinski definition) is 1. The fourth-order valence-electron chi connectivity index (χ4n) is 5.06. The number of carbonyl (C=O) groups is 1. The quantitative estimate of drug-likeness (QED) is 0.298. The van der Waals surface area contributed by atoms with E-state index in [1.807, 2.05) is 24.3 Å². The minimum Gasteiger partial charge on any atom is -0.489 e. The summed E-state index contributed by atoms with van der Waals surface area (Å²) in [6, 6.07) is 20.7. The molecule has 4 aromatic rings. The van der Waals surface area contributed by atoms with Gasteiger partial charge in [0.25, 0.3) is 0 Å². The Kier molecular flexibility index (Phi) is 6.87. The highest BCUT2D eigenvalue weighted by Crippen LogP contribution is 2.37. The van der Waals surface area contributed by atoms with Gasteiger partial charge in [-0.15, -0.1) is 0 Å². The van der Waals surface area contributed by atoms with Gasteiger partial charge in [-0.25, -0.2) is 0 Å². The molecule has 0 atom stereocenters. The molecule has 1 fully saturated rings. The van der Waals surface area contributed by atoms with Crippen molar-refractivity contribution in [3.63, 3.8) is 0 Å². The molecular weight excluding hydrogens is 438 g/mol. The van der Waals surface area contributed by atoms with Crippen molar-refractivity contribution in [3.05, 3.63) is 89.2 Å². The second-order valence-electron chi connectivity index (χ2n) is 9.28. The molecule has 1 aliphatic carbocycles. The maximum absolute atomic E-state index is 12.0. The Hall–Kier alpha value is -3.57. The van der Waals surface area contributed by atoms with Gasteiger partial charge in [0.2, 0.25) is 0 Å². The Morgan fingerprint density at radius 2 is 1.89 bits per heavy atom. The van der Waals surface area contributed by atoms with Crippen molar-refractivity contribution in [3.8, 4) is 16.9 Å². The zero-order valence-corrected chi connectivity index (χ0v) is 20.1. The summed E-state index contributed by atoms with van der Waals surface area (Å²) in [6.45, 7) is 0.866. The lowest BCUT2D eigenvalue weighted by molar-refractivity contribution is -0.139. The average Bonchev–Trinajstić information content (AvgIpc) is 3.60. The molecular formula is C30H31NO4. The van der Waals surface area contributed by atoms with E-state index in [-0.39, 0.29) is 12.4 Å². The Labute approximate surface area is 205 Å². The van der Waals surface area contributed by atoms with Crippen LogP contribution in [0.5, 0.6) is 5.75 Å². The number of hydrogen-bond acceptors (Lipinski definition) is 5. The molecule has 1 heterocycles. The van der Waals surface area contributed by atoms with E-state index in [1.54, 1.807) is 6.26 Å². The molecule has 5 nitrogen and oxygen atoms in total. The van der Waals surface area contributed by atoms with Crippen molar-refractivity contribution in [1.82, 2.24) is 0 Å². The van der Waals surface area contributed by atoms with E-state index < -0.39 is 0 Å². The summed E-state index contributed by atoms with van der Waals surface area (Å²) in [4.78, 5) is 12.0. The van der Waals surface area contributed by atoms with Gasteiger partial charge >= 0.3 is 5.97 Å². The maximum atomic E-state index is 12.0. The van der Waals surface area contributed by atoms with Gasteiger partial charge in [-0.2, -0.15) is 0 Å². The highest BCUT2D eigenvalue weighted by atomic mass is 16.5. The third-order valence-electron chi connectivity index (χ3n) is 6.96. The molecule has 180 valence electrons. The van der Waals surface area contributed by atoms with Gasteiger partial charge in [0, 0.05) is 23.1 Å². The molecule has 1 aromatic heterocycles. The molecule has 0 saturated heterocycles. The maximum Gasteiger partial charge on any atom is 0.310 e. The van der Waals surface area contributed by atoms with Gasteiger partial charge in [-0.05, 0) is 71.3 Å². The molecule has 3 aromatic carbocycles. The average molecular weight is 470 g/mol. The molecule has 0 bridgehead atoms. The minimum atomic E-state index is -0.273. The molecule has 0 spiro atoms. The zero-order chi connectivity index (χ0) is 24.2. The van der Waals surface area contributed by atoms with Crippen LogP contribution in [0.1, 0.15) is 53.9 Å². The van der Waals surface area contributed by atoms with E-state index in [4.69, 9.17) is 19.6 Å². The smallest absolute Gasteiger partial charge is 0.310 e. The van der Waals surface area contributed by atoms with Crippen molar-refractivity contribution < 1.29 is 18.7 Å². The van der Waals surface area contributed by atoms with E-state index in [2.05, 4.69) is 36.4 Å². The molecule has 0 unspecified atom stereocenters. The summed E-state index contributed by atoms with van der Waals surface area (Å²) in [5.74, 6) is 1.04. The molecule has 2 N–H and O–H groups in total. The van der Waals surface area contributed by atoms with Gasteiger partial charge in [0.05, 0.1) is 19.8 Å². The van der Waals surface area contributed by atoms with Crippen molar-refractivity contribution in [2.75, 3.05) is 7.11 Å². The fraction of sp³-hybridized carbons (Fsp3) is 0.300. The number of esters is 1. The van der Waals surface area contributed by atoms with Crippen LogP contribution >= 0.6 is 0 Å². The minimum absolute atomic E-state index is 0.189. The third-order valence-corrected chi connectivity index (χ3v) is 6.96. The lowest BCUT2D eigenvalue weighted by Gasteiger charge is -2.16. The van der Waals surface area contributed by atoms with Crippen LogP contribution in [0.25, 0.3) is 22.1 Å². The van der Waals surface area contributed by atoms with Gasteiger partial charge < -0.3 is 19.6 Å². The third kappa shape index (κ3) is 5.10. The molecule has 1 saturated carbocycles. The SMILES string of the molecule is COC(=O)Cc1ccc(C2CCCC2)cc1OCc1cc(-c2cccc(CN)c2)c2occc2c1. The Morgan fingerprint density at radius 1 is 1.03 bits per heavy atom. The number of benzene rings is 3. The number of ether oxygens (including phenoxy) is 2. The highest BCUT2D eigenvalue weighted by Gasteiger charge is 2.20. The highest BCUT2D eigenvalue weighted by molar-refractivity contribution is 5.93. The first-order chi connectivity index (χ1) is 17.1. The summed E-state index contributed by atoms with van der Waals surface area (Å²) >= 11 is 0. The Balaban J connectivity index is 1.46. The Bertz CT molecular complexity index is 1330. The second kappa shape index (κ2) is 10.4. The lowest BCUT2D eigenvalue weighted by atomic mass is 9.95. The van der Waals surface area contributed by atoms with Gasteiger partial charge in [-0.1, -0.05) is 43.2 Å². The van der Waals surface area contributed by atoms with Crippen LogP contribution < -0.4 is 10.5 Å². The summed E-state index contributed by atoms with van der Waals surface area (Å²) in [5.41, 5.74) is 13.0. The van der Waals surface area contributed by atoms with Crippen molar-refractivity contribution >= 4 is 16.9 Å². The number of furan rings is 1. The summed E-state index contributed by atoms with van der Waals surface area (Å²) in [7, 11) is 1.41. The van der Waals surface area contributed by atoms with Crippen LogP contribution in [0.4, 0.5) is 0 Å². The van der Waals surface area contributed by atoms with Crippen LogP contribution in [-0.2, 0) is 29.1 Å². The predicted molar refractivity (Wildman–Crippen MR) is 137 cm³/mol. The van der Waals surface area contributed by atoms with E-state index in [1.165, 1.54) is 38.4 Å². The van der Waals surface area contributed by atoms with Crippen molar-refractivity contribution in [1.29, 1.82) is 0 Å². The lowest BCUT2D eigenvalue weighted by Crippen LogP contribution is -2.08. The first kappa shape index (κ1) is 23.2. The molecule has 5 rings (SSSR count). The monoisotopic (exact) mass is 469 g/mol. The van der Waals surface area contributed by atoms with Crippen LogP contribution in [0.15, 0.2) is 71.3 Å². The topological polar surface area (TPSA) is 74.7 Å². The zero-order valence-electron chi connectivity index (χ0n) is 20.1. The number of methoxy groups -OCH3 is 1. The fourth-order valence-corrected chi connectivity index (χ4v) is 5.06. The van der Waals surface area contributed by atoms with Crippen molar-refractivity contribution in [2.24, 2.45) is 5.73 Å². The Morgan fingerprint density at radius 3 is 2.69 bits per heavy atom. The van der Waals surface area contributed by atoms with Crippen LogP contribution in [0, 0.1) is 0 Å². The number of rotatable bonds is 8. The molecule has 0 radical (unpaired) electrons. The predicted octanol–water partition coefficient (Wildman–Crippen LogP) is 6.51. The molecule has 5 heteroatoms.